The first kappa shape index (κ1) is 17.3. The topological polar surface area (TPSA) is 70.0 Å². The summed E-state index contributed by atoms with van der Waals surface area (Å²) in [7, 11) is 1.31. The molecule has 0 heterocycles. The zero-order chi connectivity index (χ0) is 17.9. The summed E-state index contributed by atoms with van der Waals surface area (Å²) in [5, 5.41) is 11.2. The van der Waals surface area contributed by atoms with Crippen molar-refractivity contribution in [1.82, 2.24) is 5.32 Å². The molecule has 1 atom stereocenters. The number of benzene rings is 2. The highest BCUT2D eigenvalue weighted by Gasteiger charge is 2.27. The largest absolute Gasteiger partial charge is 0.358 e. The lowest BCUT2D eigenvalue weighted by molar-refractivity contribution is -0.121. The molecule has 0 spiro atoms. The minimum atomic E-state index is -1.53. The quantitative estimate of drug-likeness (QED) is 0.693. The van der Waals surface area contributed by atoms with E-state index in [0.29, 0.717) is 11.1 Å². The van der Waals surface area contributed by atoms with Gasteiger partial charge in [-0.1, -0.05) is 18.2 Å². The van der Waals surface area contributed by atoms with E-state index in [0.717, 1.165) is 6.07 Å². The number of hydrogen-bond acceptors (Lipinski definition) is 3. The van der Waals surface area contributed by atoms with Crippen molar-refractivity contribution in [1.29, 1.82) is 5.26 Å². The Bertz CT molecular complexity index is 857. The molecule has 6 heteroatoms. The van der Waals surface area contributed by atoms with Crippen LogP contribution < -0.4 is 5.32 Å². The van der Waals surface area contributed by atoms with Gasteiger partial charge in [0.1, 0.15) is 11.6 Å². The van der Waals surface area contributed by atoms with Gasteiger partial charge in [0.15, 0.2) is 11.7 Å². The van der Waals surface area contributed by atoms with Crippen LogP contribution in [0.1, 0.15) is 15.9 Å². The van der Waals surface area contributed by atoms with Crippen molar-refractivity contribution in [2.24, 2.45) is 5.92 Å². The van der Waals surface area contributed by atoms with Crippen LogP contribution in [0.5, 0.6) is 0 Å². The van der Waals surface area contributed by atoms with Crippen molar-refractivity contribution in [3.8, 4) is 17.2 Å². The van der Waals surface area contributed by atoms with E-state index in [1.165, 1.54) is 37.4 Å². The van der Waals surface area contributed by atoms with Gasteiger partial charge in [-0.3, -0.25) is 9.59 Å². The number of nitrogens with zero attached hydrogens (tertiary/aromatic N) is 1. The van der Waals surface area contributed by atoms with Gasteiger partial charge >= 0.3 is 0 Å². The Balaban J connectivity index is 2.42. The summed E-state index contributed by atoms with van der Waals surface area (Å²) in [6, 6.07) is 9.26. The van der Waals surface area contributed by atoms with Crippen LogP contribution in [-0.4, -0.2) is 18.7 Å². The number of nitrogens with one attached hydrogen (secondary N) is 1. The Hall–Kier alpha value is -3.07. The molecule has 0 aliphatic rings. The van der Waals surface area contributed by atoms with Gasteiger partial charge in [0, 0.05) is 18.2 Å². The molecule has 4 nitrogen and oxygen atoms in total. The summed E-state index contributed by atoms with van der Waals surface area (Å²) < 4.78 is 27.6. The summed E-state index contributed by atoms with van der Waals surface area (Å²) in [6.07, 6.45) is 0. The predicted molar refractivity (Wildman–Crippen MR) is 84.0 cm³/mol. The molecule has 0 unspecified atom stereocenters. The van der Waals surface area contributed by atoms with E-state index in [2.05, 4.69) is 5.32 Å². The molecule has 2 aromatic carbocycles. The lowest BCUT2D eigenvalue weighted by atomic mass is 9.94. The molecule has 0 aliphatic heterocycles. The first-order valence-electron chi connectivity index (χ1n) is 7.10. The summed E-state index contributed by atoms with van der Waals surface area (Å²) in [5.41, 5.74) is 1.17. The van der Waals surface area contributed by atoms with Crippen LogP contribution in [0.15, 0.2) is 36.4 Å². The standard InChI is InChI=1S/C18H14F2N2O2/c1-10-7-12(19)4-6-13(10)14-5-3-11(8-16(14)20)17(23)15(9-21)18(24)22-2/h3-8,15H,1-2H3,(H,22,24)/t15-/m1/s1. The van der Waals surface area contributed by atoms with Crippen molar-refractivity contribution in [2.75, 3.05) is 7.05 Å². The second-order valence-electron chi connectivity index (χ2n) is 5.19. The zero-order valence-corrected chi connectivity index (χ0v) is 13.1. The molecule has 24 heavy (non-hydrogen) atoms. The molecular weight excluding hydrogens is 314 g/mol. The zero-order valence-electron chi connectivity index (χ0n) is 13.1. The SMILES string of the molecule is CNC(=O)[C@H](C#N)C(=O)c1ccc(-c2ccc(F)cc2C)c(F)c1. The molecule has 1 N–H and O–H groups in total. The molecule has 2 aromatic rings. The van der Waals surface area contributed by atoms with Crippen LogP contribution in [-0.2, 0) is 4.79 Å². The van der Waals surface area contributed by atoms with Crippen LogP contribution in [0.4, 0.5) is 8.78 Å². The molecule has 1 amide bonds. The second-order valence-corrected chi connectivity index (χ2v) is 5.19. The fourth-order valence-electron chi connectivity index (χ4n) is 2.36. The van der Waals surface area contributed by atoms with Gasteiger partial charge in [-0.05, 0) is 36.2 Å². The number of ketones is 1. The summed E-state index contributed by atoms with van der Waals surface area (Å²) in [4.78, 5) is 23.7. The average Bonchev–Trinajstić information content (AvgIpc) is 2.55. The Labute approximate surface area is 137 Å². The molecular formula is C18H14F2N2O2. The van der Waals surface area contributed by atoms with Crippen LogP contribution in [0.25, 0.3) is 11.1 Å². The minimum Gasteiger partial charge on any atom is -0.358 e. The third-order valence-corrected chi connectivity index (χ3v) is 3.63. The lowest BCUT2D eigenvalue weighted by Crippen LogP contribution is -2.32. The lowest BCUT2D eigenvalue weighted by Gasteiger charge is -2.10. The fraction of sp³-hybridized carbons (Fsp3) is 0.167. The van der Waals surface area contributed by atoms with Gasteiger partial charge in [0.25, 0.3) is 0 Å². The fourth-order valence-corrected chi connectivity index (χ4v) is 2.36. The Morgan fingerprint density at radius 1 is 1.12 bits per heavy atom. The Morgan fingerprint density at radius 3 is 2.33 bits per heavy atom. The van der Waals surface area contributed by atoms with Gasteiger partial charge in [-0.25, -0.2) is 8.78 Å². The number of carbonyl (C=O) groups is 2. The van der Waals surface area contributed by atoms with Gasteiger partial charge in [-0.2, -0.15) is 5.26 Å². The third-order valence-electron chi connectivity index (χ3n) is 3.63. The number of amides is 1. The van der Waals surface area contributed by atoms with E-state index >= 15 is 0 Å². The maximum atomic E-state index is 14.4. The van der Waals surface area contributed by atoms with Crippen molar-refractivity contribution in [3.05, 3.63) is 59.2 Å². The van der Waals surface area contributed by atoms with Gasteiger partial charge < -0.3 is 5.32 Å². The first-order valence-corrected chi connectivity index (χ1v) is 7.10. The van der Waals surface area contributed by atoms with Gasteiger partial charge in [0.2, 0.25) is 5.91 Å². The summed E-state index contributed by atoms with van der Waals surface area (Å²) in [5.74, 6) is -4.18. The minimum absolute atomic E-state index is 0.0776. The van der Waals surface area contributed by atoms with Crippen molar-refractivity contribution >= 4 is 11.7 Å². The highest BCUT2D eigenvalue weighted by Crippen LogP contribution is 2.28. The number of hydrogen-bond donors (Lipinski definition) is 1. The summed E-state index contributed by atoms with van der Waals surface area (Å²) in [6.45, 7) is 1.65. The van der Waals surface area contributed by atoms with Crippen molar-refractivity contribution in [2.45, 2.75) is 6.92 Å². The number of halogens is 2. The highest BCUT2D eigenvalue weighted by atomic mass is 19.1. The normalized spacial score (nSPS) is 11.5. The van der Waals surface area contributed by atoms with Crippen LogP contribution in [0.2, 0.25) is 0 Å². The van der Waals surface area contributed by atoms with Crippen molar-refractivity contribution < 1.29 is 18.4 Å². The Kier molecular flexibility index (Phi) is 5.05. The molecule has 0 saturated carbocycles. The molecule has 0 aliphatic carbocycles. The molecule has 0 radical (unpaired) electrons. The van der Waals surface area contributed by atoms with Crippen LogP contribution in [0, 0.1) is 35.8 Å². The van der Waals surface area contributed by atoms with Crippen molar-refractivity contribution in [3.63, 3.8) is 0 Å². The Morgan fingerprint density at radius 2 is 1.79 bits per heavy atom. The van der Waals surface area contributed by atoms with E-state index in [-0.39, 0.29) is 11.1 Å². The first-order chi connectivity index (χ1) is 11.4. The van der Waals surface area contributed by atoms with Crippen LogP contribution in [0.3, 0.4) is 0 Å². The molecule has 0 bridgehead atoms. The average molecular weight is 328 g/mol. The number of Topliss-reactive ketones (excluding diaryl/α,β-unsaturated/α-hetero) is 1. The molecule has 0 aromatic heterocycles. The number of aryl methyl sites for hydroxylation is 1. The summed E-state index contributed by atoms with van der Waals surface area (Å²) >= 11 is 0. The maximum absolute atomic E-state index is 14.4. The second kappa shape index (κ2) is 7.01. The van der Waals surface area contributed by atoms with Crippen LogP contribution >= 0.6 is 0 Å². The number of rotatable bonds is 4. The van der Waals surface area contributed by atoms with E-state index in [4.69, 9.17) is 5.26 Å². The van der Waals surface area contributed by atoms with E-state index in [1.54, 1.807) is 13.0 Å². The third kappa shape index (κ3) is 3.30. The maximum Gasteiger partial charge on any atom is 0.245 e. The number of carbonyl (C=O) groups excluding carboxylic acids is 2. The molecule has 2 rings (SSSR count). The van der Waals surface area contributed by atoms with E-state index < -0.39 is 29.2 Å². The smallest absolute Gasteiger partial charge is 0.245 e. The highest BCUT2D eigenvalue weighted by molar-refractivity contribution is 6.12. The van der Waals surface area contributed by atoms with E-state index in [9.17, 15) is 18.4 Å². The van der Waals surface area contributed by atoms with E-state index in [1.807, 2.05) is 0 Å². The molecule has 0 fully saturated rings. The van der Waals surface area contributed by atoms with Gasteiger partial charge in [0.05, 0.1) is 6.07 Å². The molecule has 0 saturated heterocycles. The monoisotopic (exact) mass is 328 g/mol. The van der Waals surface area contributed by atoms with Gasteiger partial charge in [-0.15, -0.1) is 0 Å². The predicted octanol–water partition coefficient (Wildman–Crippen LogP) is 3.01. The molecule has 122 valence electrons. The number of nitriles is 1.